The van der Waals surface area contributed by atoms with Crippen LogP contribution in [0.2, 0.25) is 0 Å². The normalized spacial score (nSPS) is 19.8. The summed E-state index contributed by atoms with van der Waals surface area (Å²) in [6.07, 6.45) is 10.4. The largest absolute Gasteiger partial charge is 0.474 e. The van der Waals surface area contributed by atoms with Gasteiger partial charge >= 0.3 is 6.09 Å². The van der Waals surface area contributed by atoms with Crippen LogP contribution in [0.15, 0.2) is 49.1 Å². The molecule has 0 saturated carbocycles. The summed E-state index contributed by atoms with van der Waals surface area (Å²) in [6.45, 7) is 14.6. The lowest BCUT2D eigenvalue weighted by Crippen LogP contribution is -2.51. The number of aromatic nitrogens is 5. The third-order valence-electron chi connectivity index (χ3n) is 12.7. The van der Waals surface area contributed by atoms with E-state index in [1.54, 1.807) is 11.1 Å². The number of hydrogen-bond acceptors (Lipinski definition) is 14. The summed E-state index contributed by atoms with van der Waals surface area (Å²) in [5.41, 5.74) is 6.65. The lowest BCUT2D eigenvalue weighted by Gasteiger charge is -2.38. The van der Waals surface area contributed by atoms with Crippen molar-refractivity contribution in [1.82, 2.24) is 39.8 Å². The Balaban J connectivity index is 0.747. The van der Waals surface area contributed by atoms with Crippen LogP contribution in [0.3, 0.4) is 0 Å². The molecule has 3 aromatic heterocycles. The Morgan fingerprint density at radius 2 is 1.68 bits per heavy atom. The standard InChI is InChI=1S/C45H56N12O6/c1-29-37(25-46-42-40(29)56(21-22-62-42)44(61)63-45(2,3)4)55-14-11-31-23-47-43(50-36(31)27-55)49-32-24-48-57(26-32)34-12-15-54(16-13-34)39(59)28-52-17-19-53(20-18-52)33-7-5-30(6-8-33)35-9-10-38(58)51-41(35)60/h5-8,23-26,34-35H,9-22,27-28H2,1-4H3,(H,47,49,50)(H,51,58,60). The summed E-state index contributed by atoms with van der Waals surface area (Å²) in [7, 11) is 0. The van der Waals surface area contributed by atoms with E-state index >= 15 is 0 Å². The van der Waals surface area contributed by atoms with Crippen molar-refractivity contribution < 1.29 is 28.7 Å². The fourth-order valence-electron chi connectivity index (χ4n) is 9.21. The van der Waals surface area contributed by atoms with Crippen molar-refractivity contribution in [3.8, 4) is 5.88 Å². The Morgan fingerprint density at radius 1 is 0.905 bits per heavy atom. The van der Waals surface area contributed by atoms with Gasteiger partial charge in [0, 0.05) is 75.9 Å². The molecule has 1 aromatic carbocycles. The van der Waals surface area contributed by atoms with E-state index in [9.17, 15) is 19.2 Å². The van der Waals surface area contributed by atoms with Crippen LogP contribution in [0.5, 0.6) is 5.88 Å². The second-order valence-electron chi connectivity index (χ2n) is 18.0. The van der Waals surface area contributed by atoms with E-state index in [4.69, 9.17) is 14.5 Å². The number of fused-ring (bicyclic) bond motifs is 2. The van der Waals surface area contributed by atoms with E-state index in [1.807, 2.05) is 68.0 Å². The van der Waals surface area contributed by atoms with Crippen molar-refractivity contribution in [2.75, 3.05) is 85.5 Å². The van der Waals surface area contributed by atoms with Gasteiger partial charge in [-0.25, -0.2) is 19.7 Å². The summed E-state index contributed by atoms with van der Waals surface area (Å²) >= 11 is 0. The van der Waals surface area contributed by atoms with Gasteiger partial charge in [-0.15, -0.1) is 0 Å². The molecule has 0 aliphatic carbocycles. The summed E-state index contributed by atoms with van der Waals surface area (Å²) in [6, 6.07) is 8.26. The van der Waals surface area contributed by atoms with Gasteiger partial charge in [-0.3, -0.25) is 34.2 Å². The topological polar surface area (TPSA) is 183 Å². The van der Waals surface area contributed by atoms with Crippen molar-refractivity contribution in [1.29, 1.82) is 0 Å². The summed E-state index contributed by atoms with van der Waals surface area (Å²) in [4.78, 5) is 75.0. The Morgan fingerprint density at radius 3 is 2.43 bits per heavy atom. The van der Waals surface area contributed by atoms with Crippen molar-refractivity contribution in [3.05, 3.63) is 71.4 Å². The predicted octanol–water partition coefficient (Wildman–Crippen LogP) is 4.32. The molecular formula is C45H56N12O6. The number of imide groups is 1. The first-order valence-electron chi connectivity index (χ1n) is 22.1. The van der Waals surface area contributed by atoms with Crippen molar-refractivity contribution in [2.45, 2.75) is 83.9 Å². The number of nitrogens with one attached hydrogen (secondary N) is 2. The number of ether oxygens (including phenoxy) is 2. The molecule has 4 amide bonds. The zero-order chi connectivity index (χ0) is 43.8. The first-order chi connectivity index (χ1) is 30.3. The SMILES string of the molecule is Cc1c(N2CCc3cnc(Nc4cnn(C5CCN(C(=O)CN6CCN(c7ccc(C8CCC(=O)NC8=O)cc7)CC6)CC5)c4)nc3C2)cnc2c1N(C(=O)OC(C)(C)C)CCO2. The number of piperidine rings is 2. The van der Waals surface area contributed by atoms with E-state index in [1.165, 1.54) is 0 Å². The number of anilines is 5. The third kappa shape index (κ3) is 9.26. The fourth-order valence-corrected chi connectivity index (χ4v) is 9.21. The molecule has 5 aliphatic rings. The van der Waals surface area contributed by atoms with Crippen LogP contribution in [0, 0.1) is 6.92 Å². The predicted molar refractivity (Wildman–Crippen MR) is 235 cm³/mol. The van der Waals surface area contributed by atoms with E-state index < -0.39 is 11.7 Å². The zero-order valence-electron chi connectivity index (χ0n) is 36.5. The van der Waals surface area contributed by atoms with E-state index in [2.05, 4.69) is 52.5 Å². The van der Waals surface area contributed by atoms with E-state index in [-0.39, 0.29) is 29.7 Å². The number of nitrogens with zero attached hydrogens (tertiary/aromatic N) is 10. The highest BCUT2D eigenvalue weighted by molar-refractivity contribution is 6.01. The average Bonchev–Trinajstić information content (AvgIpc) is 3.74. The van der Waals surface area contributed by atoms with Crippen molar-refractivity contribution >= 4 is 52.5 Å². The zero-order valence-corrected chi connectivity index (χ0v) is 36.5. The second-order valence-corrected chi connectivity index (χ2v) is 18.0. The molecule has 3 saturated heterocycles. The van der Waals surface area contributed by atoms with Crippen LogP contribution in [-0.4, -0.2) is 129 Å². The molecule has 1 unspecified atom stereocenters. The van der Waals surface area contributed by atoms with Crippen LogP contribution in [0.25, 0.3) is 0 Å². The number of carbonyl (C=O) groups excluding carboxylic acids is 4. The van der Waals surface area contributed by atoms with Gasteiger partial charge in [0.2, 0.25) is 29.5 Å². The lowest BCUT2D eigenvalue weighted by atomic mass is 9.90. The minimum absolute atomic E-state index is 0.163. The number of hydrogen-bond donors (Lipinski definition) is 2. The smallest absolute Gasteiger partial charge is 0.415 e. The number of pyridine rings is 1. The van der Waals surface area contributed by atoms with Gasteiger partial charge in [-0.1, -0.05) is 12.1 Å². The molecule has 9 rings (SSSR count). The van der Waals surface area contributed by atoms with Crippen molar-refractivity contribution in [3.63, 3.8) is 0 Å². The average molecular weight is 861 g/mol. The first-order valence-corrected chi connectivity index (χ1v) is 22.1. The molecule has 0 bridgehead atoms. The summed E-state index contributed by atoms with van der Waals surface area (Å²) < 4.78 is 13.6. The fraction of sp³-hybridized carbons (Fsp3) is 0.511. The highest BCUT2D eigenvalue weighted by atomic mass is 16.6. The van der Waals surface area contributed by atoms with Gasteiger partial charge < -0.3 is 29.5 Å². The van der Waals surface area contributed by atoms with E-state index in [0.717, 1.165) is 91.4 Å². The quantitative estimate of drug-likeness (QED) is 0.239. The molecule has 8 heterocycles. The minimum atomic E-state index is -0.628. The van der Waals surface area contributed by atoms with Gasteiger partial charge in [-0.2, -0.15) is 5.10 Å². The van der Waals surface area contributed by atoms with Crippen LogP contribution < -0.4 is 30.1 Å². The lowest BCUT2D eigenvalue weighted by molar-refractivity contribution is -0.135. The summed E-state index contributed by atoms with van der Waals surface area (Å²) in [5.74, 6) is 0.369. The molecule has 0 radical (unpaired) electrons. The molecule has 4 aromatic rings. The highest BCUT2D eigenvalue weighted by Gasteiger charge is 2.34. The monoisotopic (exact) mass is 860 g/mol. The molecule has 63 heavy (non-hydrogen) atoms. The molecule has 2 N–H and O–H groups in total. The number of amides is 4. The molecule has 18 heteroatoms. The van der Waals surface area contributed by atoms with Crippen LogP contribution in [0.1, 0.15) is 80.8 Å². The maximum atomic E-state index is 13.4. The van der Waals surface area contributed by atoms with Gasteiger partial charge in [-0.05, 0) is 76.6 Å². The molecule has 3 fully saturated rings. The maximum absolute atomic E-state index is 13.4. The number of piperazine rings is 1. The molecule has 0 spiro atoms. The minimum Gasteiger partial charge on any atom is -0.474 e. The molecule has 1 atom stereocenters. The number of carbonyl (C=O) groups is 4. The molecule has 18 nitrogen and oxygen atoms in total. The molecular weight excluding hydrogens is 805 g/mol. The Bertz CT molecular complexity index is 2360. The van der Waals surface area contributed by atoms with Gasteiger partial charge in [0.1, 0.15) is 17.9 Å². The van der Waals surface area contributed by atoms with Gasteiger partial charge in [0.25, 0.3) is 0 Å². The molecule has 332 valence electrons. The third-order valence-corrected chi connectivity index (χ3v) is 12.7. The second kappa shape index (κ2) is 17.5. The summed E-state index contributed by atoms with van der Waals surface area (Å²) in [5, 5.41) is 10.5. The Hall–Kier alpha value is -6.30. The maximum Gasteiger partial charge on any atom is 0.415 e. The van der Waals surface area contributed by atoms with Crippen LogP contribution in [-0.2, 0) is 32.1 Å². The Kier molecular flexibility index (Phi) is 11.6. The van der Waals surface area contributed by atoms with Gasteiger partial charge in [0.05, 0.1) is 61.1 Å². The Labute approximate surface area is 366 Å². The number of likely N-dealkylation sites (tertiary alicyclic amines) is 1. The van der Waals surface area contributed by atoms with Crippen LogP contribution in [0.4, 0.5) is 33.5 Å². The van der Waals surface area contributed by atoms with Crippen molar-refractivity contribution in [2.24, 2.45) is 0 Å². The van der Waals surface area contributed by atoms with Crippen LogP contribution >= 0.6 is 0 Å². The molecule has 5 aliphatic heterocycles. The number of rotatable bonds is 8. The van der Waals surface area contributed by atoms with E-state index in [0.29, 0.717) is 69.7 Å². The highest BCUT2D eigenvalue weighted by Crippen LogP contribution is 2.40. The first kappa shape index (κ1) is 42.0. The number of benzene rings is 1. The van der Waals surface area contributed by atoms with Gasteiger partial charge in [0.15, 0.2) is 0 Å².